The molecule has 0 spiro atoms. The van der Waals surface area contributed by atoms with E-state index in [1.165, 1.54) is 28.4 Å². The maximum Gasteiger partial charge on any atom is 0.328 e. The van der Waals surface area contributed by atoms with Gasteiger partial charge in [-0.3, -0.25) is 4.79 Å². The minimum Gasteiger partial charge on any atom is -0.497 e. The lowest BCUT2D eigenvalue weighted by Crippen LogP contribution is -2.43. The number of nitrogens with zero attached hydrogens (tertiary/aromatic N) is 2. The number of esters is 1. The zero-order chi connectivity index (χ0) is 32.1. The highest BCUT2D eigenvalue weighted by Crippen LogP contribution is 2.41. The molecule has 2 heterocycles. The molecule has 1 amide bonds. The van der Waals surface area contributed by atoms with E-state index in [9.17, 15) is 9.59 Å². The van der Waals surface area contributed by atoms with Crippen LogP contribution in [0.4, 0.5) is 0 Å². The van der Waals surface area contributed by atoms with E-state index in [1.807, 2.05) is 24.4 Å². The van der Waals surface area contributed by atoms with Crippen LogP contribution in [0.3, 0.4) is 0 Å². The lowest BCUT2D eigenvalue weighted by molar-refractivity contribution is -0.142. The van der Waals surface area contributed by atoms with Crippen LogP contribution < -0.4 is 24.3 Å². The fourth-order valence-corrected chi connectivity index (χ4v) is 5.60. The number of aryl methyl sites for hydroxylation is 1. The van der Waals surface area contributed by atoms with Crippen molar-refractivity contribution in [3.63, 3.8) is 0 Å². The molecular weight excluding hydrogens is 574 g/mol. The van der Waals surface area contributed by atoms with E-state index < -0.39 is 17.9 Å². The number of pyridine rings is 1. The summed E-state index contributed by atoms with van der Waals surface area (Å²) in [7, 11) is 7.47. The van der Waals surface area contributed by atoms with Crippen LogP contribution in [-0.4, -0.2) is 63.0 Å². The number of nitrogens with one attached hydrogen (secondary N) is 1. The summed E-state index contributed by atoms with van der Waals surface area (Å²) in [5.74, 6) is 0.888. The molecule has 0 unspecified atom stereocenters. The topological polar surface area (TPSA) is 110 Å². The average Bonchev–Trinajstić information content (AvgIpc) is 3.42. The third kappa shape index (κ3) is 6.22. The number of ether oxygens (including phenoxy) is 5. The number of rotatable bonds is 12. The van der Waals surface area contributed by atoms with Gasteiger partial charge in [-0.2, -0.15) is 0 Å². The molecular formula is C35H37N3O7. The minimum absolute atomic E-state index is 0.252. The first-order valence-corrected chi connectivity index (χ1v) is 14.6. The fraction of sp³-hybridized carbons (Fsp3) is 0.286. The molecule has 0 bridgehead atoms. The molecule has 0 aliphatic heterocycles. The molecule has 0 radical (unpaired) electrons. The van der Waals surface area contributed by atoms with E-state index in [1.54, 1.807) is 43.5 Å². The minimum atomic E-state index is -0.943. The highest BCUT2D eigenvalue weighted by molar-refractivity contribution is 6.08. The number of benzene rings is 3. The summed E-state index contributed by atoms with van der Waals surface area (Å²) in [5.41, 5.74) is 4.02. The Morgan fingerprint density at radius 3 is 2.24 bits per heavy atom. The highest BCUT2D eigenvalue weighted by atomic mass is 16.5. The van der Waals surface area contributed by atoms with Crippen LogP contribution in [0.5, 0.6) is 23.0 Å². The van der Waals surface area contributed by atoms with Crippen molar-refractivity contribution in [2.45, 2.75) is 32.4 Å². The molecule has 10 nitrogen and oxygen atoms in total. The fourth-order valence-electron chi connectivity index (χ4n) is 5.60. The third-order valence-corrected chi connectivity index (χ3v) is 7.77. The van der Waals surface area contributed by atoms with Crippen molar-refractivity contribution in [3.05, 3.63) is 78.0 Å². The summed E-state index contributed by atoms with van der Waals surface area (Å²) in [6.07, 6.45) is 3.26. The van der Waals surface area contributed by atoms with Gasteiger partial charge in [-0.25, -0.2) is 9.78 Å². The summed E-state index contributed by atoms with van der Waals surface area (Å²) < 4.78 is 29.4. The van der Waals surface area contributed by atoms with Crippen LogP contribution >= 0.6 is 0 Å². The van der Waals surface area contributed by atoms with Crippen molar-refractivity contribution in [2.24, 2.45) is 0 Å². The molecule has 0 aliphatic rings. The molecule has 5 rings (SSSR count). The zero-order valence-electron chi connectivity index (χ0n) is 26.3. The first kappa shape index (κ1) is 31.2. The lowest BCUT2D eigenvalue weighted by Gasteiger charge is -2.18. The summed E-state index contributed by atoms with van der Waals surface area (Å²) in [5, 5.41) is 4.54. The number of para-hydroxylation sites is 1. The molecule has 234 valence electrons. The van der Waals surface area contributed by atoms with Crippen molar-refractivity contribution in [1.29, 1.82) is 0 Å². The number of aromatic nitrogens is 2. The quantitative estimate of drug-likeness (QED) is 0.176. The maximum atomic E-state index is 14.1. The molecule has 5 aromatic rings. The lowest BCUT2D eigenvalue weighted by atomic mass is 10.0. The first-order chi connectivity index (χ1) is 21.8. The molecule has 0 saturated carbocycles. The molecule has 10 heteroatoms. The average molecular weight is 612 g/mol. The number of hydrogen-bond acceptors (Lipinski definition) is 8. The standard InChI is InChI=1S/C35H37N3O7/c1-7-14-38-20-22(24-10-8-9-11-30(24)38)15-29(35(40)45-6)37-34(39)26-19-28(36-27-13-12-23(41-2)18-25(26)27)21-16-31(42-3)33(44-5)32(17-21)43-4/h8-13,16-20,29H,7,14-15H2,1-6H3,(H,37,39)/t29-/m1/s1. The zero-order valence-corrected chi connectivity index (χ0v) is 26.3. The molecule has 1 atom stereocenters. The third-order valence-electron chi connectivity index (χ3n) is 7.77. The number of methoxy groups -OCH3 is 5. The summed E-state index contributed by atoms with van der Waals surface area (Å²) in [6, 6.07) is 17.6. The van der Waals surface area contributed by atoms with Gasteiger partial charge in [-0.15, -0.1) is 0 Å². The van der Waals surface area contributed by atoms with Crippen LogP contribution in [0.15, 0.2) is 66.9 Å². The SMILES string of the molecule is CCCn1cc(C[C@@H](NC(=O)c2cc(-c3cc(OC)c(OC)c(OC)c3)nc3ccc(OC)cc23)C(=O)OC)c2ccccc21. The molecule has 0 saturated heterocycles. The summed E-state index contributed by atoms with van der Waals surface area (Å²) >= 11 is 0. The highest BCUT2D eigenvalue weighted by Gasteiger charge is 2.26. The monoisotopic (exact) mass is 611 g/mol. The van der Waals surface area contributed by atoms with E-state index in [-0.39, 0.29) is 6.42 Å². The van der Waals surface area contributed by atoms with Gasteiger partial charge in [0.15, 0.2) is 11.5 Å². The molecule has 1 N–H and O–H groups in total. The van der Waals surface area contributed by atoms with Gasteiger partial charge in [0, 0.05) is 41.0 Å². The number of carbonyl (C=O) groups excluding carboxylic acids is 2. The van der Waals surface area contributed by atoms with Crippen molar-refractivity contribution in [3.8, 4) is 34.3 Å². The molecule has 0 fully saturated rings. The van der Waals surface area contributed by atoms with E-state index in [0.29, 0.717) is 50.7 Å². The molecule has 45 heavy (non-hydrogen) atoms. The van der Waals surface area contributed by atoms with E-state index in [4.69, 9.17) is 28.7 Å². The second kappa shape index (κ2) is 13.6. The van der Waals surface area contributed by atoms with Gasteiger partial charge in [0.05, 0.1) is 52.3 Å². The second-order valence-electron chi connectivity index (χ2n) is 10.5. The Labute approximate surface area is 261 Å². The smallest absolute Gasteiger partial charge is 0.328 e. The van der Waals surface area contributed by atoms with Crippen molar-refractivity contribution >= 4 is 33.7 Å². The predicted octanol–water partition coefficient (Wildman–Crippen LogP) is 5.82. The van der Waals surface area contributed by atoms with Crippen LogP contribution in [0.2, 0.25) is 0 Å². The number of carbonyl (C=O) groups is 2. The Bertz CT molecular complexity index is 1840. The van der Waals surface area contributed by atoms with Gasteiger partial charge in [0.25, 0.3) is 5.91 Å². The maximum absolute atomic E-state index is 14.1. The molecule has 3 aromatic carbocycles. The van der Waals surface area contributed by atoms with Gasteiger partial charge >= 0.3 is 5.97 Å². The predicted molar refractivity (Wildman–Crippen MR) is 173 cm³/mol. The number of amides is 1. The Morgan fingerprint density at radius 2 is 1.60 bits per heavy atom. The summed E-state index contributed by atoms with van der Waals surface area (Å²) in [6.45, 7) is 2.95. The van der Waals surface area contributed by atoms with Gasteiger partial charge < -0.3 is 33.6 Å². The number of fused-ring (bicyclic) bond motifs is 2. The Kier molecular flexibility index (Phi) is 9.42. The second-order valence-corrected chi connectivity index (χ2v) is 10.5. The Hall–Kier alpha value is -5.25. The Morgan fingerprint density at radius 1 is 0.867 bits per heavy atom. The van der Waals surface area contributed by atoms with Gasteiger partial charge in [-0.1, -0.05) is 25.1 Å². The molecule has 2 aromatic heterocycles. The summed E-state index contributed by atoms with van der Waals surface area (Å²) in [4.78, 5) is 32.0. The van der Waals surface area contributed by atoms with E-state index >= 15 is 0 Å². The van der Waals surface area contributed by atoms with Crippen LogP contribution in [0.1, 0.15) is 29.3 Å². The molecule has 0 aliphatic carbocycles. The van der Waals surface area contributed by atoms with E-state index in [2.05, 4.69) is 22.9 Å². The van der Waals surface area contributed by atoms with Gasteiger partial charge in [0.1, 0.15) is 11.8 Å². The van der Waals surface area contributed by atoms with E-state index in [0.717, 1.165) is 29.4 Å². The van der Waals surface area contributed by atoms with Crippen LogP contribution in [-0.2, 0) is 22.5 Å². The first-order valence-electron chi connectivity index (χ1n) is 14.6. The van der Waals surface area contributed by atoms with Crippen molar-refractivity contribution in [2.75, 3.05) is 35.5 Å². The normalized spacial score (nSPS) is 11.7. The number of hydrogen-bond donors (Lipinski definition) is 1. The Balaban J connectivity index is 1.59. The van der Waals surface area contributed by atoms with Crippen LogP contribution in [0.25, 0.3) is 33.1 Å². The van der Waals surface area contributed by atoms with Crippen molar-refractivity contribution < 1.29 is 33.3 Å². The van der Waals surface area contributed by atoms with Gasteiger partial charge in [-0.05, 0) is 54.4 Å². The largest absolute Gasteiger partial charge is 0.497 e. The van der Waals surface area contributed by atoms with Gasteiger partial charge in [0.2, 0.25) is 5.75 Å². The van der Waals surface area contributed by atoms with Crippen molar-refractivity contribution in [1.82, 2.24) is 14.9 Å². The van der Waals surface area contributed by atoms with Crippen LogP contribution in [0, 0.1) is 0 Å².